The number of benzene rings is 1. The largest absolute Gasteiger partial charge is 0.481 e. The standard InChI is InChI=1S/C11H6ClNO2/c12-10-5-8(2-1-3-11(14)15)4-9(6-10)7-13/h4-6H,3H2,(H,14,15). The fourth-order valence-corrected chi connectivity index (χ4v) is 1.18. The van der Waals surface area contributed by atoms with E-state index >= 15 is 0 Å². The molecule has 74 valence electrons. The number of nitrogens with zero attached hydrogens (tertiary/aromatic N) is 1. The number of hydrogen-bond acceptors (Lipinski definition) is 2. The summed E-state index contributed by atoms with van der Waals surface area (Å²) in [6.45, 7) is 0. The van der Waals surface area contributed by atoms with E-state index in [2.05, 4.69) is 11.8 Å². The second-order valence-electron chi connectivity index (χ2n) is 2.71. The lowest BCUT2D eigenvalue weighted by atomic mass is 10.1. The van der Waals surface area contributed by atoms with Gasteiger partial charge < -0.3 is 5.11 Å². The molecule has 0 fully saturated rings. The van der Waals surface area contributed by atoms with Gasteiger partial charge in [0.05, 0.1) is 11.6 Å². The molecule has 0 aliphatic rings. The predicted molar refractivity (Wildman–Crippen MR) is 55.3 cm³/mol. The molecule has 0 heterocycles. The van der Waals surface area contributed by atoms with E-state index < -0.39 is 5.97 Å². The summed E-state index contributed by atoms with van der Waals surface area (Å²) in [5, 5.41) is 17.4. The minimum absolute atomic E-state index is 0.228. The highest BCUT2D eigenvalue weighted by molar-refractivity contribution is 6.30. The van der Waals surface area contributed by atoms with Gasteiger partial charge in [0.25, 0.3) is 0 Å². The van der Waals surface area contributed by atoms with Crippen molar-refractivity contribution in [3.05, 3.63) is 34.3 Å². The van der Waals surface area contributed by atoms with Crippen molar-refractivity contribution in [3.63, 3.8) is 0 Å². The van der Waals surface area contributed by atoms with E-state index in [0.29, 0.717) is 16.1 Å². The topological polar surface area (TPSA) is 61.1 Å². The number of carboxylic acids is 1. The molecule has 0 unspecified atom stereocenters. The molecule has 1 N–H and O–H groups in total. The summed E-state index contributed by atoms with van der Waals surface area (Å²) in [6.07, 6.45) is -0.228. The Balaban J connectivity index is 2.94. The van der Waals surface area contributed by atoms with E-state index in [1.54, 1.807) is 12.1 Å². The summed E-state index contributed by atoms with van der Waals surface area (Å²) in [5.41, 5.74) is 0.947. The highest BCUT2D eigenvalue weighted by Gasteiger charge is 1.96. The zero-order valence-corrected chi connectivity index (χ0v) is 8.38. The molecule has 0 aromatic heterocycles. The number of hydrogen-bond donors (Lipinski definition) is 1. The number of carbonyl (C=O) groups is 1. The molecule has 1 rings (SSSR count). The summed E-state index contributed by atoms with van der Waals surface area (Å²) >= 11 is 5.74. The van der Waals surface area contributed by atoms with Gasteiger partial charge in [0.15, 0.2) is 0 Å². The van der Waals surface area contributed by atoms with Gasteiger partial charge >= 0.3 is 5.97 Å². The monoisotopic (exact) mass is 219 g/mol. The third kappa shape index (κ3) is 3.72. The smallest absolute Gasteiger partial charge is 0.315 e. The van der Waals surface area contributed by atoms with E-state index in [4.69, 9.17) is 22.0 Å². The fraction of sp³-hybridized carbons (Fsp3) is 0.0909. The molecule has 0 amide bonds. The molecule has 3 nitrogen and oxygen atoms in total. The van der Waals surface area contributed by atoms with Crippen LogP contribution in [0.25, 0.3) is 0 Å². The summed E-state index contributed by atoms with van der Waals surface area (Å²) < 4.78 is 0. The molecule has 0 aliphatic carbocycles. The Morgan fingerprint density at radius 1 is 1.40 bits per heavy atom. The van der Waals surface area contributed by atoms with Crippen molar-refractivity contribution in [2.45, 2.75) is 6.42 Å². The maximum Gasteiger partial charge on any atom is 0.315 e. The second kappa shape index (κ2) is 5.05. The van der Waals surface area contributed by atoms with Crippen LogP contribution in [0.2, 0.25) is 5.02 Å². The minimum atomic E-state index is -0.981. The molecule has 4 heteroatoms. The quantitative estimate of drug-likeness (QED) is 0.736. The Bertz CT molecular complexity index is 492. The van der Waals surface area contributed by atoms with Gasteiger partial charge in [0.1, 0.15) is 6.42 Å². The van der Waals surface area contributed by atoms with Gasteiger partial charge in [-0.25, -0.2) is 0 Å². The normalized spacial score (nSPS) is 8.53. The van der Waals surface area contributed by atoms with Crippen LogP contribution in [0, 0.1) is 23.2 Å². The first-order valence-corrected chi connectivity index (χ1v) is 4.41. The Kier molecular flexibility index (Phi) is 3.74. The molecule has 0 saturated heterocycles. The van der Waals surface area contributed by atoms with Crippen LogP contribution in [0.5, 0.6) is 0 Å². The number of nitriles is 1. The molecular weight excluding hydrogens is 214 g/mol. The van der Waals surface area contributed by atoms with Crippen molar-refractivity contribution >= 4 is 17.6 Å². The number of carboxylic acid groups (broad SMARTS) is 1. The van der Waals surface area contributed by atoms with Gasteiger partial charge in [-0.05, 0) is 18.2 Å². The van der Waals surface area contributed by atoms with Gasteiger partial charge in [-0.3, -0.25) is 4.79 Å². The van der Waals surface area contributed by atoms with Gasteiger partial charge in [0.2, 0.25) is 0 Å². The molecule has 0 radical (unpaired) electrons. The van der Waals surface area contributed by atoms with Crippen LogP contribution in [0.1, 0.15) is 17.5 Å². The predicted octanol–water partition coefficient (Wildman–Crippen LogP) is 2.04. The maximum absolute atomic E-state index is 10.2. The first-order chi connectivity index (χ1) is 7.11. The molecular formula is C11H6ClNO2. The second-order valence-corrected chi connectivity index (χ2v) is 3.15. The van der Waals surface area contributed by atoms with Crippen molar-refractivity contribution in [3.8, 4) is 17.9 Å². The molecule has 0 bridgehead atoms. The van der Waals surface area contributed by atoms with Crippen LogP contribution in [0.15, 0.2) is 18.2 Å². The molecule has 0 spiro atoms. The van der Waals surface area contributed by atoms with Crippen LogP contribution in [0.4, 0.5) is 0 Å². The Morgan fingerprint density at radius 2 is 2.07 bits per heavy atom. The third-order valence-corrected chi connectivity index (χ3v) is 1.72. The summed E-state index contributed by atoms with van der Waals surface area (Å²) in [5.74, 6) is 4.11. The zero-order valence-electron chi connectivity index (χ0n) is 7.62. The van der Waals surface area contributed by atoms with Crippen LogP contribution in [-0.2, 0) is 4.79 Å². The highest BCUT2D eigenvalue weighted by atomic mass is 35.5. The average molecular weight is 220 g/mol. The van der Waals surface area contributed by atoms with Crippen LogP contribution < -0.4 is 0 Å². The van der Waals surface area contributed by atoms with Gasteiger partial charge in [-0.1, -0.05) is 23.4 Å². The Hall–Kier alpha value is -1.97. The van der Waals surface area contributed by atoms with E-state index in [-0.39, 0.29) is 6.42 Å². The summed E-state index contributed by atoms with van der Waals surface area (Å²) in [7, 11) is 0. The minimum Gasteiger partial charge on any atom is -0.481 e. The molecule has 0 atom stereocenters. The van der Waals surface area contributed by atoms with Crippen molar-refractivity contribution in [2.75, 3.05) is 0 Å². The summed E-state index contributed by atoms with van der Waals surface area (Å²) in [6, 6.07) is 6.59. The maximum atomic E-state index is 10.2. The first-order valence-electron chi connectivity index (χ1n) is 4.03. The van der Waals surface area contributed by atoms with E-state index in [9.17, 15) is 4.79 Å². The highest BCUT2D eigenvalue weighted by Crippen LogP contribution is 2.13. The molecule has 15 heavy (non-hydrogen) atoms. The lowest BCUT2D eigenvalue weighted by Crippen LogP contribution is -1.90. The van der Waals surface area contributed by atoms with E-state index in [0.717, 1.165) is 0 Å². The summed E-state index contributed by atoms with van der Waals surface area (Å²) in [4.78, 5) is 10.2. The molecule has 0 saturated carbocycles. The van der Waals surface area contributed by atoms with Crippen LogP contribution in [-0.4, -0.2) is 11.1 Å². The lowest BCUT2D eigenvalue weighted by Gasteiger charge is -1.93. The Morgan fingerprint density at radius 3 is 2.67 bits per heavy atom. The van der Waals surface area contributed by atoms with E-state index in [1.807, 2.05) is 6.07 Å². The van der Waals surface area contributed by atoms with Crippen molar-refractivity contribution in [1.82, 2.24) is 0 Å². The first kappa shape index (κ1) is 11.1. The average Bonchev–Trinajstić information content (AvgIpc) is 2.16. The Labute approximate surface area is 91.9 Å². The van der Waals surface area contributed by atoms with Crippen LogP contribution >= 0.6 is 11.6 Å². The molecule has 1 aromatic carbocycles. The molecule has 0 aliphatic heterocycles. The third-order valence-electron chi connectivity index (χ3n) is 1.50. The van der Waals surface area contributed by atoms with Crippen molar-refractivity contribution < 1.29 is 9.90 Å². The zero-order chi connectivity index (χ0) is 11.3. The van der Waals surface area contributed by atoms with E-state index in [1.165, 1.54) is 6.07 Å². The number of halogens is 1. The number of rotatable bonds is 1. The SMILES string of the molecule is N#Cc1cc(Cl)cc(C#CCC(=O)O)c1. The van der Waals surface area contributed by atoms with Crippen LogP contribution in [0.3, 0.4) is 0 Å². The number of aliphatic carboxylic acids is 1. The van der Waals surface area contributed by atoms with Gasteiger partial charge in [-0.15, -0.1) is 0 Å². The van der Waals surface area contributed by atoms with Gasteiger partial charge in [-0.2, -0.15) is 5.26 Å². The van der Waals surface area contributed by atoms with Crippen molar-refractivity contribution in [1.29, 1.82) is 5.26 Å². The molecule has 1 aromatic rings. The fourth-order valence-electron chi connectivity index (χ4n) is 0.948. The lowest BCUT2D eigenvalue weighted by molar-refractivity contribution is -0.135. The van der Waals surface area contributed by atoms with Gasteiger partial charge in [0, 0.05) is 10.6 Å². The van der Waals surface area contributed by atoms with Crippen molar-refractivity contribution in [2.24, 2.45) is 0 Å².